The zero-order chi connectivity index (χ0) is 20.8. The number of anilines is 1. The van der Waals surface area contributed by atoms with E-state index >= 15 is 0 Å². The first-order valence-electron chi connectivity index (χ1n) is 11.0. The number of hydrogen-bond acceptors (Lipinski definition) is 3. The number of carbonyl (C=O) groups excluding carboxylic acids is 3. The van der Waals surface area contributed by atoms with Crippen molar-refractivity contribution >= 4 is 23.3 Å². The summed E-state index contributed by atoms with van der Waals surface area (Å²) in [6, 6.07) is 6.34. The molecule has 0 saturated heterocycles. The molecule has 4 aliphatic rings. The van der Waals surface area contributed by atoms with Crippen LogP contribution >= 0.6 is 0 Å². The molecule has 1 aromatic carbocycles. The van der Waals surface area contributed by atoms with Gasteiger partial charge in [-0.05, 0) is 81.3 Å². The Labute approximate surface area is 173 Å². The lowest BCUT2D eigenvalue weighted by Crippen LogP contribution is -2.57. The highest BCUT2D eigenvalue weighted by molar-refractivity contribution is 6.00. The molecular weight excluding hydrogens is 364 g/mol. The zero-order valence-electron chi connectivity index (χ0n) is 17.7. The third-order valence-corrected chi connectivity index (χ3v) is 7.29. The van der Waals surface area contributed by atoms with Gasteiger partial charge >= 0.3 is 0 Å². The van der Waals surface area contributed by atoms with Crippen LogP contribution in [0.1, 0.15) is 69.7 Å². The fraction of sp³-hybridized carbons (Fsp3) is 0.625. The maximum absolute atomic E-state index is 13.4. The molecular formula is C24H32N2O3. The van der Waals surface area contributed by atoms with Gasteiger partial charge in [-0.1, -0.05) is 26.0 Å². The molecule has 0 radical (unpaired) electrons. The molecule has 0 aliphatic heterocycles. The van der Waals surface area contributed by atoms with Gasteiger partial charge in [-0.3, -0.25) is 14.4 Å². The number of ketones is 1. The van der Waals surface area contributed by atoms with Gasteiger partial charge in [0.1, 0.15) is 6.04 Å². The van der Waals surface area contributed by atoms with E-state index in [1.807, 2.05) is 13.8 Å². The summed E-state index contributed by atoms with van der Waals surface area (Å²) >= 11 is 0. The number of nitrogens with one attached hydrogen (secondary N) is 2. The molecule has 156 valence electrons. The molecule has 4 aliphatic carbocycles. The van der Waals surface area contributed by atoms with E-state index in [1.54, 1.807) is 24.3 Å². The van der Waals surface area contributed by atoms with Crippen molar-refractivity contribution in [2.75, 3.05) is 5.32 Å². The van der Waals surface area contributed by atoms with Crippen LogP contribution in [0.5, 0.6) is 0 Å². The number of hydrogen-bond donors (Lipinski definition) is 2. The van der Waals surface area contributed by atoms with Crippen molar-refractivity contribution in [2.24, 2.45) is 29.1 Å². The molecule has 0 heterocycles. The molecule has 4 bridgehead atoms. The van der Waals surface area contributed by atoms with Crippen LogP contribution in [0.4, 0.5) is 5.69 Å². The van der Waals surface area contributed by atoms with Crippen LogP contribution in [0.2, 0.25) is 0 Å². The number of carbonyl (C=O) groups is 3. The Morgan fingerprint density at radius 3 is 2.10 bits per heavy atom. The third kappa shape index (κ3) is 3.96. The van der Waals surface area contributed by atoms with Crippen LogP contribution in [0.25, 0.3) is 0 Å². The van der Waals surface area contributed by atoms with Crippen molar-refractivity contribution in [3.05, 3.63) is 29.8 Å². The normalized spacial score (nSPS) is 30.8. The topological polar surface area (TPSA) is 75.3 Å². The maximum atomic E-state index is 13.4. The smallest absolute Gasteiger partial charge is 0.247 e. The van der Waals surface area contributed by atoms with Crippen molar-refractivity contribution in [3.63, 3.8) is 0 Å². The first-order chi connectivity index (χ1) is 13.8. The summed E-state index contributed by atoms with van der Waals surface area (Å²) in [5.74, 6) is 1.84. The van der Waals surface area contributed by atoms with Crippen LogP contribution in [0.15, 0.2) is 24.3 Å². The minimum Gasteiger partial charge on any atom is -0.344 e. The SMILES string of the molecule is CC(=O)c1cccc(NC(=O)[C@H](NC(=O)C23CC4CC(CC(C4)C2)C3)C(C)C)c1. The Morgan fingerprint density at radius 2 is 1.59 bits per heavy atom. The lowest BCUT2D eigenvalue weighted by Gasteiger charge is -2.55. The molecule has 0 spiro atoms. The largest absolute Gasteiger partial charge is 0.344 e. The van der Waals surface area contributed by atoms with Gasteiger partial charge in [0.2, 0.25) is 11.8 Å². The van der Waals surface area contributed by atoms with Crippen molar-refractivity contribution in [1.29, 1.82) is 0 Å². The van der Waals surface area contributed by atoms with Gasteiger partial charge in [0.25, 0.3) is 0 Å². The molecule has 4 fully saturated rings. The predicted octanol–water partition coefficient (Wildman–Crippen LogP) is 4.18. The number of benzene rings is 1. The lowest BCUT2D eigenvalue weighted by atomic mass is 9.49. The molecule has 1 aromatic rings. The number of amides is 2. The van der Waals surface area contributed by atoms with Crippen LogP contribution in [-0.2, 0) is 9.59 Å². The minimum absolute atomic E-state index is 0.0242. The summed E-state index contributed by atoms with van der Waals surface area (Å²) in [6.45, 7) is 5.41. The second kappa shape index (κ2) is 7.58. The van der Waals surface area contributed by atoms with Gasteiger partial charge in [0, 0.05) is 16.7 Å². The van der Waals surface area contributed by atoms with Crippen LogP contribution in [0, 0.1) is 29.1 Å². The van der Waals surface area contributed by atoms with Gasteiger partial charge in [0.05, 0.1) is 0 Å². The Bertz CT molecular complexity index is 794. The van der Waals surface area contributed by atoms with Gasteiger partial charge in [-0.25, -0.2) is 0 Å². The Morgan fingerprint density at radius 1 is 1.00 bits per heavy atom. The first-order valence-corrected chi connectivity index (χ1v) is 11.0. The summed E-state index contributed by atoms with van der Waals surface area (Å²) in [5.41, 5.74) is 0.871. The molecule has 4 saturated carbocycles. The van der Waals surface area contributed by atoms with E-state index in [4.69, 9.17) is 0 Å². The van der Waals surface area contributed by atoms with Gasteiger partial charge in [-0.2, -0.15) is 0 Å². The van der Waals surface area contributed by atoms with E-state index in [-0.39, 0.29) is 28.9 Å². The van der Waals surface area contributed by atoms with Gasteiger partial charge in [-0.15, -0.1) is 0 Å². The van der Waals surface area contributed by atoms with Crippen molar-refractivity contribution in [1.82, 2.24) is 5.32 Å². The summed E-state index contributed by atoms with van der Waals surface area (Å²) in [4.78, 5) is 38.0. The molecule has 5 heteroatoms. The van der Waals surface area contributed by atoms with E-state index in [1.165, 1.54) is 26.2 Å². The zero-order valence-corrected chi connectivity index (χ0v) is 17.7. The van der Waals surface area contributed by atoms with E-state index < -0.39 is 6.04 Å². The Balaban J connectivity index is 1.46. The van der Waals surface area contributed by atoms with Crippen molar-refractivity contribution < 1.29 is 14.4 Å². The average Bonchev–Trinajstić information content (AvgIpc) is 2.64. The monoisotopic (exact) mass is 396 g/mol. The summed E-state index contributed by atoms with van der Waals surface area (Å²) in [5, 5.41) is 6.00. The molecule has 5 nitrogen and oxygen atoms in total. The fourth-order valence-corrected chi connectivity index (χ4v) is 6.25. The first kappa shape index (κ1) is 20.1. The van der Waals surface area contributed by atoms with Crippen molar-refractivity contribution in [3.8, 4) is 0 Å². The Hall–Kier alpha value is -2.17. The average molecular weight is 397 g/mol. The summed E-state index contributed by atoms with van der Waals surface area (Å²) in [7, 11) is 0. The second-order valence-corrected chi connectivity index (χ2v) is 10.0. The lowest BCUT2D eigenvalue weighted by molar-refractivity contribution is -0.148. The minimum atomic E-state index is -0.587. The highest BCUT2D eigenvalue weighted by atomic mass is 16.2. The predicted molar refractivity (Wildman–Crippen MR) is 112 cm³/mol. The number of rotatable bonds is 6. The molecule has 1 atom stereocenters. The molecule has 0 unspecified atom stereocenters. The van der Waals surface area contributed by atoms with E-state index in [9.17, 15) is 14.4 Å². The Kier molecular flexibility index (Phi) is 5.26. The van der Waals surface area contributed by atoms with Gasteiger partial charge in [0.15, 0.2) is 5.78 Å². The maximum Gasteiger partial charge on any atom is 0.247 e. The molecule has 2 N–H and O–H groups in total. The third-order valence-electron chi connectivity index (χ3n) is 7.29. The fourth-order valence-electron chi connectivity index (χ4n) is 6.25. The van der Waals surface area contributed by atoms with E-state index in [0.29, 0.717) is 29.0 Å². The molecule has 29 heavy (non-hydrogen) atoms. The second-order valence-electron chi connectivity index (χ2n) is 10.0. The highest BCUT2D eigenvalue weighted by Crippen LogP contribution is 2.60. The van der Waals surface area contributed by atoms with Crippen LogP contribution in [0.3, 0.4) is 0 Å². The van der Waals surface area contributed by atoms with Crippen LogP contribution in [-0.4, -0.2) is 23.6 Å². The van der Waals surface area contributed by atoms with E-state index in [0.717, 1.165) is 19.3 Å². The number of Topliss-reactive ketones (excluding diaryl/α,β-unsaturated/α-hetero) is 1. The van der Waals surface area contributed by atoms with Crippen molar-refractivity contribution in [2.45, 2.75) is 65.3 Å². The summed E-state index contributed by atoms with van der Waals surface area (Å²) < 4.78 is 0. The highest BCUT2D eigenvalue weighted by Gasteiger charge is 2.55. The molecule has 5 rings (SSSR count). The van der Waals surface area contributed by atoms with E-state index in [2.05, 4.69) is 10.6 Å². The van der Waals surface area contributed by atoms with Crippen LogP contribution < -0.4 is 10.6 Å². The molecule has 2 amide bonds. The quantitative estimate of drug-likeness (QED) is 0.708. The summed E-state index contributed by atoms with van der Waals surface area (Å²) in [6.07, 6.45) is 6.81. The standard InChI is InChI=1S/C24H32N2O3/c1-14(2)21(22(28)25-20-6-4-5-19(10-20)15(3)27)26-23(29)24-11-16-7-17(12-24)9-18(8-16)13-24/h4-6,10,14,16-18,21H,7-9,11-13H2,1-3H3,(H,25,28)(H,26,29)/t16?,17?,18?,21-,24?/m1/s1. The molecule has 0 aromatic heterocycles. The van der Waals surface area contributed by atoms with Gasteiger partial charge < -0.3 is 10.6 Å².